The number of hydrogen-bond acceptors (Lipinski definition) is 2. The predicted molar refractivity (Wildman–Crippen MR) is 33.0 cm³/mol. The van der Waals surface area contributed by atoms with Crippen LogP contribution >= 0.6 is 11.8 Å². The first kappa shape index (κ1) is 8.17. The van der Waals surface area contributed by atoms with Crippen molar-refractivity contribution >= 4 is 11.8 Å². The van der Waals surface area contributed by atoms with Gasteiger partial charge in [-0.3, -0.25) is 0 Å². The Morgan fingerprint density at radius 1 is 1.70 bits per heavy atom. The SMILES string of the molecule is OC[C@@H]1CC(F)(F)CN1Cl. The number of rotatable bonds is 1. The molecule has 1 rings (SSSR count). The van der Waals surface area contributed by atoms with Crippen LogP contribution in [0.1, 0.15) is 6.42 Å². The fraction of sp³-hybridized carbons (Fsp3) is 1.00. The Morgan fingerprint density at radius 2 is 2.30 bits per heavy atom. The fourth-order valence-electron chi connectivity index (χ4n) is 1.01. The lowest BCUT2D eigenvalue weighted by Gasteiger charge is -2.10. The summed E-state index contributed by atoms with van der Waals surface area (Å²) < 4.78 is 25.7. The van der Waals surface area contributed by atoms with E-state index in [4.69, 9.17) is 16.9 Å². The van der Waals surface area contributed by atoms with Crippen LogP contribution in [0.4, 0.5) is 8.78 Å². The topological polar surface area (TPSA) is 23.5 Å². The molecular weight excluding hydrogens is 164 g/mol. The second-order valence-electron chi connectivity index (χ2n) is 2.45. The molecule has 0 aliphatic carbocycles. The van der Waals surface area contributed by atoms with Crippen molar-refractivity contribution in [3.63, 3.8) is 0 Å². The predicted octanol–water partition coefficient (Wildman–Crippen LogP) is 0.842. The highest BCUT2D eigenvalue weighted by molar-refractivity contribution is 6.13. The molecule has 1 N–H and O–H groups in total. The Bertz CT molecular complexity index is 133. The van der Waals surface area contributed by atoms with Crippen LogP contribution in [0.15, 0.2) is 0 Å². The highest BCUT2D eigenvalue weighted by Gasteiger charge is 2.44. The summed E-state index contributed by atoms with van der Waals surface area (Å²) in [6.07, 6.45) is -0.340. The van der Waals surface area contributed by atoms with E-state index in [-0.39, 0.29) is 13.0 Å². The summed E-state index contributed by atoms with van der Waals surface area (Å²) in [5.74, 6) is -2.73. The molecule has 0 spiro atoms. The molecule has 1 saturated heterocycles. The van der Waals surface area contributed by atoms with Gasteiger partial charge in [0.15, 0.2) is 0 Å². The number of aliphatic hydroxyl groups is 1. The van der Waals surface area contributed by atoms with Crippen molar-refractivity contribution in [3.8, 4) is 0 Å². The minimum atomic E-state index is -2.73. The Hall–Kier alpha value is 0.0700. The minimum absolute atomic E-state index is 0.306. The Labute approximate surface area is 62.5 Å². The second kappa shape index (κ2) is 2.60. The molecule has 0 unspecified atom stereocenters. The lowest BCUT2D eigenvalue weighted by molar-refractivity contribution is 0.0163. The maximum absolute atomic E-state index is 12.4. The van der Waals surface area contributed by atoms with E-state index in [9.17, 15) is 8.78 Å². The lowest BCUT2D eigenvalue weighted by Crippen LogP contribution is -2.23. The van der Waals surface area contributed by atoms with Gasteiger partial charge in [0.05, 0.1) is 19.2 Å². The summed E-state index contributed by atoms with van der Waals surface area (Å²) in [4.78, 5) is 0. The first-order valence-electron chi connectivity index (χ1n) is 2.96. The van der Waals surface area contributed by atoms with Crippen molar-refractivity contribution < 1.29 is 13.9 Å². The zero-order valence-electron chi connectivity index (χ0n) is 5.23. The molecule has 1 atom stereocenters. The molecule has 1 aliphatic heterocycles. The van der Waals surface area contributed by atoms with Crippen molar-refractivity contribution in [2.75, 3.05) is 13.2 Å². The van der Waals surface area contributed by atoms with Gasteiger partial charge < -0.3 is 5.11 Å². The lowest BCUT2D eigenvalue weighted by atomic mass is 10.2. The maximum atomic E-state index is 12.4. The molecule has 60 valence electrons. The molecule has 0 amide bonds. The number of alkyl halides is 2. The molecule has 0 aromatic carbocycles. The third-order valence-electron chi connectivity index (χ3n) is 1.52. The zero-order valence-corrected chi connectivity index (χ0v) is 5.98. The normalized spacial score (nSPS) is 33.0. The molecular formula is C5H8ClF2NO. The Balaban J connectivity index is 2.52. The monoisotopic (exact) mass is 171 g/mol. The summed E-state index contributed by atoms with van der Waals surface area (Å²) in [5, 5.41) is 8.51. The molecule has 5 heteroatoms. The van der Waals surface area contributed by atoms with E-state index in [0.717, 1.165) is 4.42 Å². The molecule has 2 nitrogen and oxygen atoms in total. The molecule has 0 saturated carbocycles. The summed E-state index contributed by atoms with van der Waals surface area (Å²) in [6, 6.07) is -0.586. The van der Waals surface area contributed by atoms with Crippen LogP contribution in [-0.2, 0) is 0 Å². The van der Waals surface area contributed by atoms with Gasteiger partial charge in [0.2, 0.25) is 0 Å². The van der Waals surface area contributed by atoms with Gasteiger partial charge in [-0.25, -0.2) is 13.2 Å². The highest BCUT2D eigenvalue weighted by atomic mass is 35.5. The van der Waals surface area contributed by atoms with Gasteiger partial charge in [0, 0.05) is 6.42 Å². The smallest absolute Gasteiger partial charge is 0.263 e. The summed E-state index contributed by atoms with van der Waals surface area (Å²) in [7, 11) is 0. The Kier molecular flexibility index (Phi) is 2.12. The standard InChI is InChI=1S/C5H8ClF2NO/c6-9-3-5(7,8)1-4(9)2-10/h4,10H,1-3H2/t4-/m0/s1. The van der Waals surface area contributed by atoms with Gasteiger partial charge >= 0.3 is 0 Å². The van der Waals surface area contributed by atoms with Crippen LogP contribution in [0.5, 0.6) is 0 Å². The number of hydrogen-bond donors (Lipinski definition) is 1. The minimum Gasteiger partial charge on any atom is -0.395 e. The average Bonchev–Trinajstić information content (AvgIpc) is 2.05. The van der Waals surface area contributed by atoms with Crippen LogP contribution in [0, 0.1) is 0 Å². The molecule has 0 radical (unpaired) electrons. The van der Waals surface area contributed by atoms with Gasteiger partial charge in [0.25, 0.3) is 5.92 Å². The van der Waals surface area contributed by atoms with E-state index >= 15 is 0 Å². The van der Waals surface area contributed by atoms with E-state index in [2.05, 4.69) is 0 Å². The Morgan fingerprint density at radius 3 is 2.50 bits per heavy atom. The summed E-state index contributed by atoms with van der Waals surface area (Å²) in [5.41, 5.74) is 0. The summed E-state index contributed by atoms with van der Waals surface area (Å²) >= 11 is 5.36. The van der Waals surface area contributed by atoms with Crippen molar-refractivity contribution in [1.29, 1.82) is 0 Å². The van der Waals surface area contributed by atoms with Crippen LogP contribution in [0.25, 0.3) is 0 Å². The number of halogens is 3. The molecule has 0 aromatic rings. The molecule has 1 aliphatic rings. The first-order valence-corrected chi connectivity index (χ1v) is 3.30. The van der Waals surface area contributed by atoms with Gasteiger partial charge in [-0.2, -0.15) is 0 Å². The third-order valence-corrected chi connectivity index (χ3v) is 1.92. The van der Waals surface area contributed by atoms with E-state index in [0.29, 0.717) is 0 Å². The van der Waals surface area contributed by atoms with E-state index in [1.807, 2.05) is 0 Å². The second-order valence-corrected chi connectivity index (χ2v) is 2.89. The quantitative estimate of drug-likeness (QED) is 0.591. The van der Waals surface area contributed by atoms with Crippen molar-refractivity contribution in [2.45, 2.75) is 18.4 Å². The number of nitrogens with zero attached hydrogens (tertiary/aromatic N) is 1. The van der Waals surface area contributed by atoms with Crippen molar-refractivity contribution in [3.05, 3.63) is 0 Å². The van der Waals surface area contributed by atoms with E-state index in [1.165, 1.54) is 0 Å². The molecule has 0 bridgehead atoms. The molecule has 0 aromatic heterocycles. The summed E-state index contributed by atoms with van der Waals surface area (Å²) in [6.45, 7) is -0.765. The van der Waals surface area contributed by atoms with Crippen molar-refractivity contribution in [2.24, 2.45) is 0 Å². The number of aliphatic hydroxyl groups excluding tert-OH is 1. The molecule has 10 heavy (non-hydrogen) atoms. The van der Waals surface area contributed by atoms with Crippen LogP contribution in [0.2, 0.25) is 0 Å². The van der Waals surface area contributed by atoms with Crippen LogP contribution in [0.3, 0.4) is 0 Å². The van der Waals surface area contributed by atoms with Crippen LogP contribution in [-0.4, -0.2) is 34.6 Å². The van der Waals surface area contributed by atoms with Gasteiger partial charge in [-0.05, 0) is 11.8 Å². The van der Waals surface area contributed by atoms with E-state index < -0.39 is 18.5 Å². The fourth-order valence-corrected chi connectivity index (χ4v) is 1.32. The van der Waals surface area contributed by atoms with Gasteiger partial charge in [-0.1, -0.05) is 0 Å². The van der Waals surface area contributed by atoms with Crippen LogP contribution < -0.4 is 0 Å². The van der Waals surface area contributed by atoms with Crippen molar-refractivity contribution in [1.82, 2.24) is 4.42 Å². The third kappa shape index (κ3) is 1.56. The molecule has 1 heterocycles. The largest absolute Gasteiger partial charge is 0.395 e. The van der Waals surface area contributed by atoms with Gasteiger partial charge in [0.1, 0.15) is 0 Å². The van der Waals surface area contributed by atoms with Gasteiger partial charge in [-0.15, -0.1) is 0 Å². The average molecular weight is 172 g/mol. The zero-order chi connectivity index (χ0) is 7.78. The van der Waals surface area contributed by atoms with E-state index in [1.54, 1.807) is 0 Å². The highest BCUT2D eigenvalue weighted by Crippen LogP contribution is 2.32. The maximum Gasteiger partial charge on any atom is 0.263 e. The molecule has 1 fully saturated rings. The first-order chi connectivity index (χ1) is 4.55.